The molecule has 4 rings (SSSR count). The molecule has 0 aliphatic rings. The molecule has 8 nitrogen and oxygen atoms in total. The molecule has 3 heterocycles. The summed E-state index contributed by atoms with van der Waals surface area (Å²) < 4.78 is 8.79. The summed E-state index contributed by atoms with van der Waals surface area (Å²) in [7, 11) is 1.59. The number of imidazole rings is 1. The van der Waals surface area contributed by atoms with Gasteiger partial charge in [0.2, 0.25) is 0 Å². The average Bonchev–Trinajstić information content (AvgIpc) is 3.37. The first kappa shape index (κ1) is 19.3. The van der Waals surface area contributed by atoms with Crippen molar-refractivity contribution in [1.29, 1.82) is 0 Å². The number of hydrogen-bond acceptors (Lipinski definition) is 6. The molecule has 0 bridgehead atoms. The molecule has 29 heavy (non-hydrogen) atoms. The maximum absolute atomic E-state index is 6.34. The molecule has 0 fully saturated rings. The molecule has 0 N–H and O–H groups in total. The Morgan fingerprint density at radius 2 is 1.97 bits per heavy atom. The molecular formula is C20H22ClN7O. The molecule has 0 radical (unpaired) electrons. The number of methoxy groups -OCH3 is 1. The van der Waals surface area contributed by atoms with E-state index in [0.29, 0.717) is 28.3 Å². The highest BCUT2D eigenvalue weighted by molar-refractivity contribution is 6.32. The lowest BCUT2D eigenvalue weighted by Gasteiger charge is -2.13. The first-order valence-electron chi connectivity index (χ1n) is 9.53. The third-order valence-corrected chi connectivity index (χ3v) is 5.36. The van der Waals surface area contributed by atoms with Crippen LogP contribution in [0.2, 0.25) is 5.02 Å². The summed E-state index contributed by atoms with van der Waals surface area (Å²) in [6, 6.07) is 5.49. The zero-order valence-electron chi connectivity index (χ0n) is 16.8. The summed E-state index contributed by atoms with van der Waals surface area (Å²) in [6.45, 7) is 6.29. The Kier molecular flexibility index (Phi) is 5.19. The van der Waals surface area contributed by atoms with Crippen LogP contribution < -0.4 is 4.74 Å². The molecule has 0 saturated heterocycles. The Labute approximate surface area is 173 Å². The molecule has 9 heteroatoms. The van der Waals surface area contributed by atoms with Crippen molar-refractivity contribution in [1.82, 2.24) is 34.3 Å². The van der Waals surface area contributed by atoms with Crippen molar-refractivity contribution < 1.29 is 4.74 Å². The van der Waals surface area contributed by atoms with Crippen LogP contribution in [0.15, 0.2) is 30.9 Å². The van der Waals surface area contributed by atoms with Crippen molar-refractivity contribution in [3.05, 3.63) is 47.4 Å². The van der Waals surface area contributed by atoms with Gasteiger partial charge in [0.15, 0.2) is 11.6 Å². The zero-order chi connectivity index (χ0) is 20.5. The summed E-state index contributed by atoms with van der Waals surface area (Å²) >= 11 is 6.34. The van der Waals surface area contributed by atoms with Gasteiger partial charge < -0.3 is 4.74 Å². The third kappa shape index (κ3) is 3.33. The smallest absolute Gasteiger partial charge is 0.185 e. The predicted molar refractivity (Wildman–Crippen MR) is 111 cm³/mol. The van der Waals surface area contributed by atoms with Gasteiger partial charge in [-0.25, -0.2) is 24.1 Å². The number of halogens is 1. The van der Waals surface area contributed by atoms with Gasteiger partial charge >= 0.3 is 0 Å². The quantitative estimate of drug-likeness (QED) is 0.471. The van der Waals surface area contributed by atoms with Gasteiger partial charge in [-0.1, -0.05) is 25.4 Å². The Bertz CT molecular complexity index is 1150. The van der Waals surface area contributed by atoms with Crippen LogP contribution in [-0.2, 0) is 0 Å². The van der Waals surface area contributed by atoms with Crippen LogP contribution in [0.25, 0.3) is 22.7 Å². The van der Waals surface area contributed by atoms with Gasteiger partial charge in [0.25, 0.3) is 0 Å². The van der Waals surface area contributed by atoms with Crippen molar-refractivity contribution in [2.45, 2.75) is 39.5 Å². The van der Waals surface area contributed by atoms with Crippen LogP contribution in [0.1, 0.15) is 44.1 Å². The third-order valence-electron chi connectivity index (χ3n) is 5.07. The van der Waals surface area contributed by atoms with Gasteiger partial charge in [-0.15, -0.1) is 5.10 Å². The number of ether oxygens (including phenoxy) is 1. The molecule has 0 amide bonds. The van der Waals surface area contributed by atoms with E-state index in [0.717, 1.165) is 35.4 Å². The van der Waals surface area contributed by atoms with E-state index in [1.807, 2.05) is 17.5 Å². The molecule has 0 unspecified atom stereocenters. The van der Waals surface area contributed by atoms with Crippen LogP contribution in [0.5, 0.6) is 5.75 Å². The summed E-state index contributed by atoms with van der Waals surface area (Å²) in [5, 5.41) is 9.61. The van der Waals surface area contributed by atoms with Crippen molar-refractivity contribution in [2.24, 2.45) is 0 Å². The van der Waals surface area contributed by atoms with Gasteiger partial charge in [0.05, 0.1) is 17.8 Å². The number of nitrogens with zero attached hydrogens (tertiary/aromatic N) is 7. The molecular weight excluding hydrogens is 390 g/mol. The van der Waals surface area contributed by atoms with Crippen LogP contribution >= 0.6 is 11.6 Å². The number of aromatic nitrogens is 7. The lowest BCUT2D eigenvalue weighted by Crippen LogP contribution is -2.10. The second-order valence-electron chi connectivity index (χ2n) is 6.78. The Morgan fingerprint density at radius 3 is 2.59 bits per heavy atom. The molecule has 0 aliphatic heterocycles. The highest BCUT2D eigenvalue weighted by Gasteiger charge is 2.22. The van der Waals surface area contributed by atoms with Crippen LogP contribution in [0.4, 0.5) is 0 Å². The standard InChI is InChI=1S/C20H22ClN7O/c1-5-13(6-2)19-24-12(3)17-20(27-11-22-10-23-27)25-18(26-28(17)19)14-7-8-16(29-4)15(21)9-14/h7-11,13H,5-6H2,1-4H3. The number of benzene rings is 1. The van der Waals surface area contributed by atoms with Gasteiger partial charge in [-0.3, -0.25) is 0 Å². The second kappa shape index (κ2) is 7.79. The van der Waals surface area contributed by atoms with Crippen LogP contribution in [0.3, 0.4) is 0 Å². The Morgan fingerprint density at radius 1 is 1.17 bits per heavy atom. The number of rotatable bonds is 6. The van der Waals surface area contributed by atoms with E-state index in [-0.39, 0.29) is 0 Å². The zero-order valence-corrected chi connectivity index (χ0v) is 17.6. The first-order valence-corrected chi connectivity index (χ1v) is 9.91. The molecule has 0 spiro atoms. The topological polar surface area (TPSA) is 83.0 Å². The van der Waals surface area contributed by atoms with Crippen LogP contribution in [-0.4, -0.2) is 41.5 Å². The van der Waals surface area contributed by atoms with Crippen molar-refractivity contribution in [3.63, 3.8) is 0 Å². The molecule has 4 aromatic rings. The number of aryl methyl sites for hydroxylation is 1. The summed E-state index contributed by atoms with van der Waals surface area (Å²) in [5.74, 6) is 2.97. The van der Waals surface area contributed by atoms with Gasteiger partial charge in [-0.2, -0.15) is 5.10 Å². The van der Waals surface area contributed by atoms with E-state index in [4.69, 9.17) is 31.4 Å². The lowest BCUT2D eigenvalue weighted by atomic mass is 10.0. The van der Waals surface area contributed by atoms with E-state index < -0.39 is 0 Å². The maximum Gasteiger partial charge on any atom is 0.185 e. The predicted octanol–water partition coefficient (Wildman–Crippen LogP) is 4.25. The molecule has 0 atom stereocenters. The van der Waals surface area contributed by atoms with Gasteiger partial charge in [0.1, 0.15) is 29.7 Å². The molecule has 0 saturated carbocycles. The van der Waals surface area contributed by atoms with E-state index >= 15 is 0 Å². The fourth-order valence-corrected chi connectivity index (χ4v) is 3.75. The molecule has 0 aliphatic carbocycles. The Hall–Kier alpha value is -3.00. The minimum atomic E-state index is 0.294. The Balaban J connectivity index is 2.01. The lowest BCUT2D eigenvalue weighted by molar-refractivity contribution is 0.415. The van der Waals surface area contributed by atoms with Gasteiger partial charge in [-0.05, 0) is 38.0 Å². The maximum atomic E-state index is 6.34. The SMILES string of the molecule is CCC(CC)c1nc(C)c2c(-n3cncn3)nc(-c3ccc(OC)c(Cl)c3)nn12. The minimum Gasteiger partial charge on any atom is -0.495 e. The summed E-state index contributed by atoms with van der Waals surface area (Å²) in [5.41, 5.74) is 2.46. The normalized spacial score (nSPS) is 11.5. The summed E-state index contributed by atoms with van der Waals surface area (Å²) in [4.78, 5) is 13.7. The van der Waals surface area contributed by atoms with E-state index in [1.165, 1.54) is 6.33 Å². The highest BCUT2D eigenvalue weighted by Crippen LogP contribution is 2.31. The molecule has 1 aromatic carbocycles. The van der Waals surface area contributed by atoms with Gasteiger partial charge in [0, 0.05) is 11.5 Å². The number of hydrogen-bond donors (Lipinski definition) is 0. The van der Waals surface area contributed by atoms with E-state index in [2.05, 4.69) is 23.9 Å². The average molecular weight is 412 g/mol. The van der Waals surface area contributed by atoms with Crippen molar-refractivity contribution in [2.75, 3.05) is 7.11 Å². The monoisotopic (exact) mass is 411 g/mol. The number of fused-ring (bicyclic) bond motifs is 1. The summed E-state index contributed by atoms with van der Waals surface area (Å²) in [6.07, 6.45) is 5.05. The van der Waals surface area contributed by atoms with E-state index in [9.17, 15) is 0 Å². The fourth-order valence-electron chi connectivity index (χ4n) is 3.49. The first-order chi connectivity index (χ1) is 14.1. The minimum absolute atomic E-state index is 0.294. The van der Waals surface area contributed by atoms with Crippen molar-refractivity contribution in [3.8, 4) is 23.0 Å². The molecule has 3 aromatic heterocycles. The largest absolute Gasteiger partial charge is 0.495 e. The van der Waals surface area contributed by atoms with Crippen LogP contribution in [0, 0.1) is 6.92 Å². The fraction of sp³-hybridized carbons (Fsp3) is 0.350. The highest BCUT2D eigenvalue weighted by atomic mass is 35.5. The van der Waals surface area contributed by atoms with Crippen molar-refractivity contribution >= 4 is 17.1 Å². The molecule has 150 valence electrons. The second-order valence-corrected chi connectivity index (χ2v) is 7.18. The van der Waals surface area contributed by atoms with E-state index in [1.54, 1.807) is 30.3 Å².